The Balaban J connectivity index is 2.12. The van der Waals surface area contributed by atoms with E-state index in [4.69, 9.17) is 16.3 Å². The van der Waals surface area contributed by atoms with E-state index in [9.17, 15) is 0 Å². The van der Waals surface area contributed by atoms with E-state index in [1.165, 1.54) is 16.7 Å². The molecule has 21 heavy (non-hydrogen) atoms. The van der Waals surface area contributed by atoms with Gasteiger partial charge in [-0.2, -0.15) is 0 Å². The van der Waals surface area contributed by atoms with E-state index in [0.29, 0.717) is 6.54 Å². The Morgan fingerprint density at radius 2 is 1.81 bits per heavy atom. The van der Waals surface area contributed by atoms with Crippen LogP contribution < -0.4 is 10.1 Å². The van der Waals surface area contributed by atoms with Crippen LogP contribution in [0.5, 0.6) is 5.75 Å². The van der Waals surface area contributed by atoms with Gasteiger partial charge in [0.2, 0.25) is 0 Å². The van der Waals surface area contributed by atoms with Crippen molar-refractivity contribution in [1.29, 1.82) is 0 Å². The standard InChI is InChI=1S/C18H22ClNO/c1-12-8-13(2)10-15(9-12)14(3)20-11-16-17(19)6-5-7-18(16)21-4/h5-10,14,20H,11H2,1-4H3. The minimum atomic E-state index is 0.254. The van der Waals surface area contributed by atoms with Gasteiger partial charge in [0.15, 0.2) is 0 Å². The summed E-state index contributed by atoms with van der Waals surface area (Å²) in [4.78, 5) is 0. The summed E-state index contributed by atoms with van der Waals surface area (Å²) in [6, 6.07) is 12.6. The van der Waals surface area contributed by atoms with Gasteiger partial charge in [-0.05, 0) is 38.5 Å². The summed E-state index contributed by atoms with van der Waals surface area (Å²) in [7, 11) is 1.67. The molecule has 2 aromatic carbocycles. The van der Waals surface area contributed by atoms with Gasteiger partial charge < -0.3 is 10.1 Å². The van der Waals surface area contributed by atoms with Gasteiger partial charge in [-0.3, -0.25) is 0 Å². The highest BCUT2D eigenvalue weighted by Gasteiger charge is 2.11. The molecule has 0 spiro atoms. The number of hydrogen-bond donors (Lipinski definition) is 1. The molecule has 0 saturated heterocycles. The zero-order chi connectivity index (χ0) is 15.4. The normalized spacial score (nSPS) is 12.2. The Morgan fingerprint density at radius 1 is 1.14 bits per heavy atom. The van der Waals surface area contributed by atoms with Crippen molar-refractivity contribution in [2.75, 3.05) is 7.11 Å². The number of benzene rings is 2. The lowest BCUT2D eigenvalue weighted by atomic mass is 10.0. The van der Waals surface area contributed by atoms with E-state index >= 15 is 0 Å². The molecule has 0 aromatic heterocycles. The molecule has 0 amide bonds. The summed E-state index contributed by atoms with van der Waals surface area (Å²) in [5, 5.41) is 4.25. The first-order chi connectivity index (χ1) is 10.0. The zero-order valence-electron chi connectivity index (χ0n) is 13.0. The molecule has 2 rings (SSSR count). The Labute approximate surface area is 132 Å². The van der Waals surface area contributed by atoms with E-state index in [1.807, 2.05) is 18.2 Å². The molecular formula is C18H22ClNO. The SMILES string of the molecule is COc1cccc(Cl)c1CNC(C)c1cc(C)cc(C)c1. The van der Waals surface area contributed by atoms with Crippen molar-refractivity contribution in [2.45, 2.75) is 33.4 Å². The number of nitrogens with one attached hydrogen (secondary N) is 1. The van der Waals surface area contributed by atoms with Crippen LogP contribution in [0.1, 0.15) is 35.2 Å². The molecule has 112 valence electrons. The molecule has 1 N–H and O–H groups in total. The third-order valence-electron chi connectivity index (χ3n) is 3.62. The smallest absolute Gasteiger partial charge is 0.124 e. The fourth-order valence-electron chi connectivity index (χ4n) is 2.53. The average Bonchev–Trinajstić information content (AvgIpc) is 2.44. The number of rotatable bonds is 5. The fourth-order valence-corrected chi connectivity index (χ4v) is 2.77. The van der Waals surface area contributed by atoms with Gasteiger partial charge in [0, 0.05) is 23.2 Å². The number of methoxy groups -OCH3 is 1. The highest BCUT2D eigenvalue weighted by molar-refractivity contribution is 6.31. The van der Waals surface area contributed by atoms with Crippen molar-refractivity contribution in [2.24, 2.45) is 0 Å². The highest BCUT2D eigenvalue weighted by Crippen LogP contribution is 2.27. The molecule has 2 nitrogen and oxygen atoms in total. The molecule has 3 heteroatoms. The van der Waals surface area contributed by atoms with Crippen LogP contribution in [0.3, 0.4) is 0 Å². The second-order valence-corrected chi connectivity index (χ2v) is 5.85. The fraction of sp³-hybridized carbons (Fsp3) is 0.333. The number of halogens is 1. The van der Waals surface area contributed by atoms with Crippen LogP contribution in [0.25, 0.3) is 0 Å². The maximum Gasteiger partial charge on any atom is 0.124 e. The molecule has 0 saturated carbocycles. The first kappa shape index (κ1) is 15.9. The van der Waals surface area contributed by atoms with Crippen molar-refractivity contribution < 1.29 is 4.74 Å². The minimum absolute atomic E-state index is 0.254. The number of aryl methyl sites for hydroxylation is 2. The quantitative estimate of drug-likeness (QED) is 0.855. The lowest BCUT2D eigenvalue weighted by Gasteiger charge is -2.17. The molecule has 0 bridgehead atoms. The molecule has 0 aliphatic rings. The highest BCUT2D eigenvalue weighted by atomic mass is 35.5. The summed E-state index contributed by atoms with van der Waals surface area (Å²) in [6.45, 7) is 7.09. The summed E-state index contributed by atoms with van der Waals surface area (Å²) in [5.74, 6) is 0.822. The Hall–Kier alpha value is -1.51. The monoisotopic (exact) mass is 303 g/mol. The third-order valence-corrected chi connectivity index (χ3v) is 3.98. The first-order valence-corrected chi connectivity index (χ1v) is 7.52. The average molecular weight is 304 g/mol. The summed E-state index contributed by atoms with van der Waals surface area (Å²) < 4.78 is 5.38. The van der Waals surface area contributed by atoms with Gasteiger partial charge in [0.1, 0.15) is 5.75 Å². The van der Waals surface area contributed by atoms with Gasteiger partial charge in [-0.15, -0.1) is 0 Å². The van der Waals surface area contributed by atoms with Crippen molar-refractivity contribution in [3.8, 4) is 5.75 Å². The predicted molar refractivity (Wildman–Crippen MR) is 89.2 cm³/mol. The van der Waals surface area contributed by atoms with Crippen molar-refractivity contribution in [3.05, 3.63) is 63.7 Å². The van der Waals surface area contributed by atoms with Gasteiger partial charge in [-0.25, -0.2) is 0 Å². The van der Waals surface area contributed by atoms with E-state index in [2.05, 4.69) is 44.3 Å². The molecule has 1 atom stereocenters. The van der Waals surface area contributed by atoms with Crippen LogP contribution in [0.2, 0.25) is 5.02 Å². The molecule has 0 fully saturated rings. The van der Waals surface area contributed by atoms with Crippen LogP contribution in [-0.4, -0.2) is 7.11 Å². The van der Waals surface area contributed by atoms with Gasteiger partial charge >= 0.3 is 0 Å². The van der Waals surface area contributed by atoms with E-state index < -0.39 is 0 Å². The zero-order valence-corrected chi connectivity index (χ0v) is 13.8. The van der Waals surface area contributed by atoms with Crippen molar-refractivity contribution in [1.82, 2.24) is 5.32 Å². The number of hydrogen-bond acceptors (Lipinski definition) is 2. The maximum atomic E-state index is 6.27. The largest absolute Gasteiger partial charge is 0.496 e. The summed E-state index contributed by atoms with van der Waals surface area (Å²) >= 11 is 6.27. The molecular weight excluding hydrogens is 282 g/mol. The van der Waals surface area contributed by atoms with Crippen LogP contribution in [0.4, 0.5) is 0 Å². The predicted octanol–water partition coefficient (Wildman–Crippen LogP) is 4.82. The Morgan fingerprint density at radius 3 is 2.43 bits per heavy atom. The van der Waals surface area contributed by atoms with Gasteiger partial charge in [-0.1, -0.05) is 47.0 Å². The van der Waals surface area contributed by atoms with E-state index in [0.717, 1.165) is 16.3 Å². The molecule has 0 heterocycles. The van der Waals surface area contributed by atoms with Gasteiger partial charge in [0.05, 0.1) is 7.11 Å². The molecule has 2 aromatic rings. The first-order valence-electron chi connectivity index (χ1n) is 7.14. The lowest BCUT2D eigenvalue weighted by molar-refractivity contribution is 0.406. The Bertz CT molecular complexity index is 604. The molecule has 0 aliphatic heterocycles. The van der Waals surface area contributed by atoms with Gasteiger partial charge in [0.25, 0.3) is 0 Å². The molecule has 0 aliphatic carbocycles. The molecule has 1 unspecified atom stereocenters. The van der Waals surface area contributed by atoms with Crippen molar-refractivity contribution >= 4 is 11.6 Å². The van der Waals surface area contributed by atoms with E-state index in [-0.39, 0.29) is 6.04 Å². The summed E-state index contributed by atoms with van der Waals surface area (Å²) in [5.41, 5.74) is 4.86. The molecule has 0 radical (unpaired) electrons. The van der Waals surface area contributed by atoms with Crippen LogP contribution in [0.15, 0.2) is 36.4 Å². The second-order valence-electron chi connectivity index (χ2n) is 5.44. The number of ether oxygens (including phenoxy) is 1. The maximum absolute atomic E-state index is 6.27. The van der Waals surface area contributed by atoms with Crippen LogP contribution >= 0.6 is 11.6 Å². The third kappa shape index (κ3) is 3.99. The van der Waals surface area contributed by atoms with Crippen LogP contribution in [0, 0.1) is 13.8 Å². The topological polar surface area (TPSA) is 21.3 Å². The van der Waals surface area contributed by atoms with Crippen LogP contribution in [-0.2, 0) is 6.54 Å². The minimum Gasteiger partial charge on any atom is -0.496 e. The Kier molecular flexibility index (Phi) is 5.27. The lowest BCUT2D eigenvalue weighted by Crippen LogP contribution is -2.19. The van der Waals surface area contributed by atoms with E-state index in [1.54, 1.807) is 7.11 Å². The summed E-state index contributed by atoms with van der Waals surface area (Å²) in [6.07, 6.45) is 0. The van der Waals surface area contributed by atoms with Crippen molar-refractivity contribution in [3.63, 3.8) is 0 Å². The second kappa shape index (κ2) is 6.97.